The molecule has 2 heterocycles. The Bertz CT molecular complexity index is 475. The van der Waals surface area contributed by atoms with E-state index in [9.17, 15) is 13.2 Å². The van der Waals surface area contributed by atoms with Crippen LogP contribution in [0.4, 0.5) is 13.2 Å². The van der Waals surface area contributed by atoms with E-state index in [-0.39, 0.29) is 16.1 Å². The number of halogens is 4. The number of H-pyrrole nitrogens is 1. The number of nitrogens with one attached hydrogen (secondary N) is 1. The molecule has 0 aliphatic carbocycles. The predicted octanol–water partition coefficient (Wildman–Crippen LogP) is 3.24. The van der Waals surface area contributed by atoms with Gasteiger partial charge in [0.25, 0.3) is 0 Å². The predicted molar refractivity (Wildman–Crippen MR) is 46.1 cm³/mol. The van der Waals surface area contributed by atoms with E-state index >= 15 is 0 Å². The van der Waals surface area contributed by atoms with Gasteiger partial charge in [-0.25, -0.2) is 4.98 Å². The Morgan fingerprint density at radius 2 is 2.07 bits per heavy atom. The van der Waals surface area contributed by atoms with E-state index in [2.05, 4.69) is 9.97 Å². The van der Waals surface area contributed by atoms with E-state index in [1.165, 1.54) is 12.3 Å². The number of aromatic nitrogens is 2. The maximum absolute atomic E-state index is 12.4. The van der Waals surface area contributed by atoms with E-state index < -0.39 is 11.7 Å². The van der Waals surface area contributed by atoms with Gasteiger partial charge in [-0.05, 0) is 6.07 Å². The standard InChI is InChI=1S/C8H4ClF3N2/c9-7-6-4(1-2-13-6)5(3-14-7)8(10,11)12/h1-3,13H. The smallest absolute Gasteiger partial charge is 0.359 e. The molecular formula is C8H4ClF3N2. The van der Waals surface area contributed by atoms with Crippen LogP contribution in [0, 0.1) is 0 Å². The van der Waals surface area contributed by atoms with Crippen LogP contribution in [0.1, 0.15) is 5.56 Å². The van der Waals surface area contributed by atoms with Crippen LogP contribution in [-0.4, -0.2) is 9.97 Å². The van der Waals surface area contributed by atoms with Crippen LogP contribution in [0.2, 0.25) is 5.15 Å². The summed E-state index contributed by atoms with van der Waals surface area (Å²) in [5, 5.41) is 0.0792. The van der Waals surface area contributed by atoms with Crippen molar-refractivity contribution in [2.75, 3.05) is 0 Å². The molecule has 2 rings (SSSR count). The van der Waals surface area contributed by atoms with Crippen LogP contribution >= 0.6 is 11.6 Å². The van der Waals surface area contributed by atoms with Crippen molar-refractivity contribution in [3.63, 3.8) is 0 Å². The summed E-state index contributed by atoms with van der Waals surface area (Å²) in [7, 11) is 0. The monoisotopic (exact) mass is 220 g/mol. The number of rotatable bonds is 0. The van der Waals surface area contributed by atoms with Gasteiger partial charge in [-0.2, -0.15) is 13.2 Å². The van der Waals surface area contributed by atoms with Gasteiger partial charge < -0.3 is 4.98 Å². The molecule has 0 bridgehead atoms. The highest BCUT2D eigenvalue weighted by molar-refractivity contribution is 6.33. The summed E-state index contributed by atoms with van der Waals surface area (Å²) in [4.78, 5) is 6.07. The van der Waals surface area contributed by atoms with Gasteiger partial charge in [0, 0.05) is 17.8 Å². The third-order valence-corrected chi connectivity index (χ3v) is 2.14. The second-order valence-corrected chi connectivity index (χ2v) is 3.08. The number of hydrogen-bond acceptors (Lipinski definition) is 1. The molecule has 0 saturated carbocycles. The third-order valence-electron chi connectivity index (χ3n) is 1.86. The quantitative estimate of drug-likeness (QED) is 0.679. The van der Waals surface area contributed by atoms with Gasteiger partial charge in [0.05, 0.1) is 11.1 Å². The van der Waals surface area contributed by atoms with E-state index in [1.54, 1.807) is 0 Å². The SMILES string of the molecule is FC(F)(F)c1cnc(Cl)c2[nH]ccc12. The largest absolute Gasteiger partial charge is 0.418 e. The van der Waals surface area contributed by atoms with Crippen molar-refractivity contribution in [3.05, 3.63) is 29.2 Å². The zero-order chi connectivity index (χ0) is 10.3. The minimum Gasteiger partial charge on any atom is -0.359 e. The molecule has 0 aromatic carbocycles. The van der Waals surface area contributed by atoms with Gasteiger partial charge in [-0.3, -0.25) is 0 Å². The number of aromatic amines is 1. The normalized spacial score (nSPS) is 12.3. The van der Waals surface area contributed by atoms with Gasteiger partial charge in [0.15, 0.2) is 5.15 Å². The zero-order valence-corrected chi connectivity index (χ0v) is 7.45. The van der Waals surface area contributed by atoms with Crippen molar-refractivity contribution in [1.29, 1.82) is 0 Å². The van der Waals surface area contributed by atoms with Crippen molar-refractivity contribution in [1.82, 2.24) is 9.97 Å². The molecule has 0 fully saturated rings. The minimum absolute atomic E-state index is 0.0394. The first-order chi connectivity index (χ1) is 6.50. The highest BCUT2D eigenvalue weighted by atomic mass is 35.5. The highest BCUT2D eigenvalue weighted by Crippen LogP contribution is 2.35. The molecule has 1 N–H and O–H groups in total. The Labute approximate surface area is 81.7 Å². The lowest BCUT2D eigenvalue weighted by Gasteiger charge is -2.07. The van der Waals surface area contributed by atoms with Crippen LogP contribution in [0.25, 0.3) is 10.9 Å². The Balaban J connectivity index is 2.80. The average Bonchev–Trinajstić information content (AvgIpc) is 2.50. The minimum atomic E-state index is -4.40. The fraction of sp³-hybridized carbons (Fsp3) is 0.125. The van der Waals surface area contributed by atoms with E-state index in [0.717, 1.165) is 6.20 Å². The Hall–Kier alpha value is -1.23. The van der Waals surface area contributed by atoms with Crippen molar-refractivity contribution < 1.29 is 13.2 Å². The van der Waals surface area contributed by atoms with Crippen LogP contribution in [-0.2, 0) is 6.18 Å². The van der Waals surface area contributed by atoms with Crippen molar-refractivity contribution >= 4 is 22.5 Å². The molecule has 14 heavy (non-hydrogen) atoms. The van der Waals surface area contributed by atoms with Crippen LogP contribution in [0.3, 0.4) is 0 Å². The van der Waals surface area contributed by atoms with Gasteiger partial charge in [-0.15, -0.1) is 0 Å². The Kier molecular flexibility index (Phi) is 1.92. The first-order valence-electron chi connectivity index (χ1n) is 3.69. The molecule has 2 aromatic rings. The summed E-state index contributed by atoms with van der Waals surface area (Å²) in [5.74, 6) is 0. The van der Waals surface area contributed by atoms with Crippen molar-refractivity contribution in [3.8, 4) is 0 Å². The van der Waals surface area contributed by atoms with Crippen molar-refractivity contribution in [2.24, 2.45) is 0 Å². The molecule has 0 radical (unpaired) electrons. The van der Waals surface area contributed by atoms with Gasteiger partial charge >= 0.3 is 6.18 Å². The summed E-state index contributed by atoms with van der Waals surface area (Å²) >= 11 is 5.61. The molecular weight excluding hydrogens is 217 g/mol. The molecule has 6 heteroatoms. The number of fused-ring (bicyclic) bond motifs is 1. The van der Waals surface area contributed by atoms with E-state index in [0.29, 0.717) is 0 Å². The van der Waals surface area contributed by atoms with Crippen LogP contribution in [0.15, 0.2) is 18.5 Å². The summed E-state index contributed by atoms with van der Waals surface area (Å²) in [6, 6.07) is 1.33. The number of nitrogens with zero attached hydrogens (tertiary/aromatic N) is 1. The molecule has 2 aromatic heterocycles. The van der Waals surface area contributed by atoms with Crippen LogP contribution < -0.4 is 0 Å². The zero-order valence-electron chi connectivity index (χ0n) is 6.69. The maximum Gasteiger partial charge on any atom is 0.418 e. The number of hydrogen-bond donors (Lipinski definition) is 1. The lowest BCUT2D eigenvalue weighted by atomic mass is 10.2. The molecule has 74 valence electrons. The molecule has 0 saturated heterocycles. The molecule has 0 amide bonds. The molecule has 0 unspecified atom stereocenters. The molecule has 0 aliphatic rings. The summed E-state index contributed by atoms with van der Waals surface area (Å²) in [5.41, 5.74) is -0.570. The Morgan fingerprint density at radius 3 is 2.71 bits per heavy atom. The van der Waals surface area contributed by atoms with Crippen LogP contribution in [0.5, 0.6) is 0 Å². The fourth-order valence-electron chi connectivity index (χ4n) is 1.25. The van der Waals surface area contributed by atoms with Crippen molar-refractivity contribution in [2.45, 2.75) is 6.18 Å². The molecule has 0 atom stereocenters. The lowest BCUT2D eigenvalue weighted by molar-refractivity contribution is -0.136. The van der Waals surface area contributed by atoms with E-state index in [1.807, 2.05) is 0 Å². The third kappa shape index (κ3) is 1.33. The molecule has 0 spiro atoms. The number of pyridine rings is 1. The fourth-order valence-corrected chi connectivity index (χ4v) is 1.45. The number of alkyl halides is 3. The lowest BCUT2D eigenvalue weighted by Crippen LogP contribution is -2.06. The average molecular weight is 221 g/mol. The molecule has 2 nitrogen and oxygen atoms in total. The van der Waals surface area contributed by atoms with E-state index in [4.69, 9.17) is 11.6 Å². The maximum atomic E-state index is 12.4. The van der Waals surface area contributed by atoms with Gasteiger partial charge in [-0.1, -0.05) is 11.6 Å². The molecule has 0 aliphatic heterocycles. The van der Waals surface area contributed by atoms with Gasteiger partial charge in [0.1, 0.15) is 0 Å². The first-order valence-corrected chi connectivity index (χ1v) is 4.07. The highest BCUT2D eigenvalue weighted by Gasteiger charge is 2.33. The first kappa shape index (κ1) is 9.33. The Morgan fingerprint density at radius 1 is 1.36 bits per heavy atom. The summed E-state index contributed by atoms with van der Waals surface area (Å²) in [6.45, 7) is 0. The topological polar surface area (TPSA) is 28.7 Å². The summed E-state index contributed by atoms with van der Waals surface area (Å²) in [6.07, 6.45) is -2.27. The van der Waals surface area contributed by atoms with Gasteiger partial charge in [0.2, 0.25) is 0 Å². The second kappa shape index (κ2) is 2.88. The summed E-state index contributed by atoms with van der Waals surface area (Å²) < 4.78 is 37.3. The second-order valence-electron chi connectivity index (χ2n) is 2.73.